The number of sulfonamides is 1. The molecular weight excluding hydrogens is 486 g/mol. The molecular formula is C26H28ClN3O4S. The Morgan fingerprint density at radius 1 is 1.00 bits per heavy atom. The molecule has 3 aromatic carbocycles. The number of ether oxygens (including phenoxy) is 1. The van der Waals surface area contributed by atoms with Crippen molar-refractivity contribution in [2.24, 2.45) is 5.10 Å². The SMILES string of the molecule is CCOc1ccc(/C(C)=N\NC(=O)CN(c2ccc(C)c(C)c2)S(=O)(=O)c2ccc(Cl)cc2)cc1. The lowest BCUT2D eigenvalue weighted by Gasteiger charge is -2.24. The van der Waals surface area contributed by atoms with Gasteiger partial charge in [-0.15, -0.1) is 0 Å². The number of anilines is 1. The Bertz CT molecular complexity index is 1320. The summed E-state index contributed by atoms with van der Waals surface area (Å²) in [5.74, 6) is 0.163. The molecule has 9 heteroatoms. The van der Waals surface area contributed by atoms with E-state index >= 15 is 0 Å². The van der Waals surface area contributed by atoms with Crippen molar-refractivity contribution in [1.82, 2.24) is 5.43 Å². The van der Waals surface area contributed by atoms with E-state index in [0.29, 0.717) is 23.0 Å². The maximum atomic E-state index is 13.5. The van der Waals surface area contributed by atoms with Crippen molar-refractivity contribution < 1.29 is 17.9 Å². The van der Waals surface area contributed by atoms with Gasteiger partial charge in [-0.3, -0.25) is 9.10 Å². The summed E-state index contributed by atoms with van der Waals surface area (Å²) in [5, 5.41) is 4.57. The molecule has 0 heterocycles. The molecule has 0 fully saturated rings. The van der Waals surface area contributed by atoms with Gasteiger partial charge >= 0.3 is 0 Å². The molecule has 0 aliphatic carbocycles. The molecule has 35 heavy (non-hydrogen) atoms. The highest BCUT2D eigenvalue weighted by molar-refractivity contribution is 7.92. The summed E-state index contributed by atoms with van der Waals surface area (Å²) in [6.45, 7) is 7.59. The van der Waals surface area contributed by atoms with Crippen LogP contribution in [0, 0.1) is 13.8 Å². The predicted molar refractivity (Wildman–Crippen MR) is 140 cm³/mol. The summed E-state index contributed by atoms with van der Waals surface area (Å²) in [6, 6.07) is 18.4. The highest BCUT2D eigenvalue weighted by Gasteiger charge is 2.27. The molecule has 1 N–H and O–H groups in total. The number of nitrogens with one attached hydrogen (secondary N) is 1. The van der Waals surface area contributed by atoms with Gasteiger partial charge in [-0.2, -0.15) is 5.10 Å². The first-order chi connectivity index (χ1) is 16.6. The van der Waals surface area contributed by atoms with E-state index in [1.807, 2.05) is 51.1 Å². The van der Waals surface area contributed by atoms with Crippen LogP contribution in [0.3, 0.4) is 0 Å². The number of carbonyl (C=O) groups is 1. The molecule has 0 saturated carbocycles. The molecule has 0 spiro atoms. The first kappa shape index (κ1) is 26.2. The zero-order valence-electron chi connectivity index (χ0n) is 20.1. The molecule has 3 rings (SSSR count). The Balaban J connectivity index is 1.85. The first-order valence-electron chi connectivity index (χ1n) is 11.0. The maximum absolute atomic E-state index is 13.5. The van der Waals surface area contributed by atoms with Gasteiger partial charge in [0.2, 0.25) is 0 Å². The fourth-order valence-corrected chi connectivity index (χ4v) is 4.80. The fourth-order valence-electron chi connectivity index (χ4n) is 3.27. The van der Waals surface area contributed by atoms with Gasteiger partial charge in [-0.25, -0.2) is 13.8 Å². The molecule has 0 aliphatic heterocycles. The highest BCUT2D eigenvalue weighted by atomic mass is 35.5. The van der Waals surface area contributed by atoms with Crippen LogP contribution in [0.1, 0.15) is 30.5 Å². The van der Waals surface area contributed by atoms with Crippen molar-refractivity contribution in [2.75, 3.05) is 17.5 Å². The summed E-state index contributed by atoms with van der Waals surface area (Å²) in [6.07, 6.45) is 0. The molecule has 3 aromatic rings. The third-order valence-corrected chi connectivity index (χ3v) is 7.44. The second-order valence-electron chi connectivity index (χ2n) is 7.92. The molecule has 0 radical (unpaired) electrons. The molecule has 0 atom stereocenters. The number of nitrogens with zero attached hydrogens (tertiary/aromatic N) is 2. The summed E-state index contributed by atoms with van der Waals surface area (Å²) in [4.78, 5) is 12.9. The monoisotopic (exact) mass is 513 g/mol. The molecule has 1 amide bonds. The molecule has 0 unspecified atom stereocenters. The van der Waals surface area contributed by atoms with Crippen molar-refractivity contribution in [1.29, 1.82) is 0 Å². The van der Waals surface area contributed by atoms with E-state index in [0.717, 1.165) is 26.7 Å². The van der Waals surface area contributed by atoms with Gasteiger partial charge in [0.25, 0.3) is 15.9 Å². The van der Waals surface area contributed by atoms with Crippen molar-refractivity contribution in [3.05, 3.63) is 88.4 Å². The van der Waals surface area contributed by atoms with Gasteiger partial charge in [0.15, 0.2) is 0 Å². The third-order valence-electron chi connectivity index (χ3n) is 5.40. The Hall–Kier alpha value is -3.36. The number of aryl methyl sites for hydroxylation is 2. The molecule has 184 valence electrons. The van der Waals surface area contributed by atoms with Crippen LogP contribution >= 0.6 is 11.6 Å². The minimum atomic E-state index is -4.05. The lowest BCUT2D eigenvalue weighted by atomic mass is 10.1. The number of hydrogen-bond donors (Lipinski definition) is 1. The van der Waals surface area contributed by atoms with Crippen LogP contribution in [-0.2, 0) is 14.8 Å². The topological polar surface area (TPSA) is 88.1 Å². The van der Waals surface area contributed by atoms with Crippen LogP contribution in [0.2, 0.25) is 5.02 Å². The van der Waals surface area contributed by atoms with Crippen LogP contribution in [0.5, 0.6) is 5.75 Å². The van der Waals surface area contributed by atoms with Crippen molar-refractivity contribution in [3.8, 4) is 5.75 Å². The fraction of sp³-hybridized carbons (Fsp3) is 0.231. The number of hydrogen-bond acceptors (Lipinski definition) is 5. The second kappa shape index (κ2) is 11.4. The van der Waals surface area contributed by atoms with E-state index in [2.05, 4.69) is 10.5 Å². The number of carbonyl (C=O) groups excluding carboxylic acids is 1. The lowest BCUT2D eigenvalue weighted by molar-refractivity contribution is -0.119. The van der Waals surface area contributed by atoms with Gasteiger partial charge in [0.1, 0.15) is 12.3 Å². The minimum Gasteiger partial charge on any atom is -0.494 e. The van der Waals surface area contributed by atoms with E-state index in [1.54, 1.807) is 19.1 Å². The van der Waals surface area contributed by atoms with Crippen LogP contribution in [0.4, 0.5) is 5.69 Å². The molecule has 0 aromatic heterocycles. The largest absolute Gasteiger partial charge is 0.494 e. The Morgan fingerprint density at radius 2 is 1.66 bits per heavy atom. The van der Waals surface area contributed by atoms with Crippen LogP contribution < -0.4 is 14.5 Å². The van der Waals surface area contributed by atoms with Gasteiger partial charge in [-0.1, -0.05) is 17.7 Å². The molecule has 0 aliphatic rings. The van der Waals surface area contributed by atoms with Crippen LogP contribution in [0.25, 0.3) is 0 Å². The smallest absolute Gasteiger partial charge is 0.264 e. The van der Waals surface area contributed by atoms with Gasteiger partial charge < -0.3 is 4.74 Å². The Labute approximate surface area is 211 Å². The zero-order valence-corrected chi connectivity index (χ0v) is 21.7. The molecule has 7 nitrogen and oxygen atoms in total. The van der Waals surface area contributed by atoms with Crippen molar-refractivity contribution in [2.45, 2.75) is 32.6 Å². The van der Waals surface area contributed by atoms with Gasteiger partial charge in [0, 0.05) is 5.02 Å². The number of hydrazone groups is 1. The van der Waals surface area contributed by atoms with Gasteiger partial charge in [-0.05, 0) is 105 Å². The van der Waals surface area contributed by atoms with Crippen molar-refractivity contribution in [3.63, 3.8) is 0 Å². The van der Waals surface area contributed by atoms with Gasteiger partial charge in [0.05, 0.1) is 22.9 Å². The number of amides is 1. The zero-order chi connectivity index (χ0) is 25.6. The highest BCUT2D eigenvalue weighted by Crippen LogP contribution is 2.26. The predicted octanol–water partition coefficient (Wildman–Crippen LogP) is 5.09. The number of rotatable bonds is 9. The first-order valence-corrected chi connectivity index (χ1v) is 12.9. The number of benzene rings is 3. The Kier molecular flexibility index (Phi) is 8.53. The van der Waals surface area contributed by atoms with E-state index in [-0.39, 0.29) is 4.90 Å². The number of halogens is 1. The quantitative estimate of drug-likeness (QED) is 0.319. The van der Waals surface area contributed by atoms with E-state index < -0.39 is 22.5 Å². The molecule has 0 saturated heterocycles. The normalized spacial score (nSPS) is 11.7. The van der Waals surface area contributed by atoms with E-state index in [9.17, 15) is 13.2 Å². The lowest BCUT2D eigenvalue weighted by Crippen LogP contribution is -2.39. The van der Waals surface area contributed by atoms with Crippen molar-refractivity contribution >= 4 is 38.9 Å². The average molecular weight is 514 g/mol. The second-order valence-corrected chi connectivity index (χ2v) is 10.2. The van der Waals surface area contributed by atoms with Crippen LogP contribution in [-0.4, -0.2) is 33.2 Å². The Morgan fingerprint density at radius 3 is 2.26 bits per heavy atom. The average Bonchev–Trinajstić information content (AvgIpc) is 2.83. The minimum absolute atomic E-state index is 0.0296. The van der Waals surface area contributed by atoms with E-state index in [4.69, 9.17) is 16.3 Å². The third kappa shape index (κ3) is 6.61. The maximum Gasteiger partial charge on any atom is 0.264 e. The molecule has 0 bridgehead atoms. The van der Waals surface area contributed by atoms with E-state index in [1.165, 1.54) is 24.3 Å². The summed E-state index contributed by atoms with van der Waals surface area (Å²) in [7, 11) is -4.05. The van der Waals surface area contributed by atoms with Crippen LogP contribution in [0.15, 0.2) is 76.7 Å². The summed E-state index contributed by atoms with van der Waals surface area (Å²) < 4.78 is 33.5. The summed E-state index contributed by atoms with van der Waals surface area (Å²) >= 11 is 5.93. The summed E-state index contributed by atoms with van der Waals surface area (Å²) in [5.41, 5.74) is 6.14. The standard InChI is InChI=1S/C26H28ClN3O4S/c1-5-34-24-12-7-21(8-13-24)20(4)28-29-26(31)17-30(23-11-6-18(2)19(3)16-23)35(32,33)25-14-9-22(27)10-15-25/h6-16H,5,17H2,1-4H3,(H,29,31)/b28-20-.